The van der Waals surface area contributed by atoms with E-state index in [9.17, 15) is 4.79 Å². The van der Waals surface area contributed by atoms with Crippen LogP contribution in [0.3, 0.4) is 0 Å². The van der Waals surface area contributed by atoms with Gasteiger partial charge in [0.2, 0.25) is 0 Å². The van der Waals surface area contributed by atoms with Crippen molar-refractivity contribution in [3.63, 3.8) is 0 Å². The molecule has 6 heteroatoms. The van der Waals surface area contributed by atoms with Crippen LogP contribution < -0.4 is 11.1 Å². The molecule has 1 aromatic rings. The molecule has 1 rings (SSSR count). The highest BCUT2D eigenvalue weighted by atomic mass is 35.5. The van der Waals surface area contributed by atoms with Gasteiger partial charge in [-0.05, 0) is 31.4 Å². The summed E-state index contributed by atoms with van der Waals surface area (Å²) in [5.41, 5.74) is 5.73. The molecule has 0 fully saturated rings. The van der Waals surface area contributed by atoms with Gasteiger partial charge in [-0.1, -0.05) is 23.8 Å². The normalized spacial score (nSPS) is 9.94. The van der Waals surface area contributed by atoms with E-state index < -0.39 is 0 Å². The quantitative estimate of drug-likeness (QED) is 0.613. The maximum Gasteiger partial charge on any atom is 0.269 e. The van der Waals surface area contributed by atoms with Gasteiger partial charge in [0.05, 0.1) is 10.0 Å². The van der Waals surface area contributed by atoms with Crippen LogP contribution in [0, 0.1) is 0 Å². The molecule has 17 heavy (non-hydrogen) atoms. The summed E-state index contributed by atoms with van der Waals surface area (Å²) in [6, 6.07) is 3.23. The molecule has 0 bridgehead atoms. The predicted octanol–water partition coefficient (Wildman–Crippen LogP) is 1.92. The van der Waals surface area contributed by atoms with Gasteiger partial charge in [0.25, 0.3) is 5.91 Å². The van der Waals surface area contributed by atoms with Crippen LogP contribution in [-0.4, -0.2) is 22.4 Å². The van der Waals surface area contributed by atoms with Crippen LogP contribution >= 0.6 is 23.8 Å². The Morgan fingerprint density at radius 2 is 2.24 bits per heavy atom. The molecule has 0 saturated heterocycles. The van der Waals surface area contributed by atoms with E-state index in [4.69, 9.17) is 29.6 Å². The van der Waals surface area contributed by atoms with Crippen LogP contribution in [0.5, 0.6) is 0 Å². The zero-order valence-corrected chi connectivity index (χ0v) is 10.9. The monoisotopic (exact) mass is 271 g/mol. The predicted molar refractivity (Wildman–Crippen MR) is 72.2 cm³/mol. The zero-order valence-electron chi connectivity index (χ0n) is 9.28. The highest BCUT2D eigenvalue weighted by molar-refractivity contribution is 7.80. The van der Waals surface area contributed by atoms with E-state index in [1.165, 1.54) is 6.20 Å². The summed E-state index contributed by atoms with van der Waals surface area (Å²) in [5.74, 6) is -0.197. The van der Waals surface area contributed by atoms with Crippen LogP contribution in [0.25, 0.3) is 0 Å². The number of pyridine rings is 1. The lowest BCUT2D eigenvalue weighted by Gasteiger charge is -2.04. The van der Waals surface area contributed by atoms with Crippen molar-refractivity contribution in [2.45, 2.75) is 19.3 Å². The number of hydrogen-bond acceptors (Lipinski definition) is 3. The molecule has 0 radical (unpaired) electrons. The molecule has 1 aromatic heterocycles. The molecule has 3 N–H and O–H groups in total. The number of unbranched alkanes of at least 4 members (excludes halogenated alkanes) is 1. The third-order valence-electron chi connectivity index (χ3n) is 2.10. The van der Waals surface area contributed by atoms with Crippen molar-refractivity contribution < 1.29 is 4.79 Å². The van der Waals surface area contributed by atoms with Gasteiger partial charge in [-0.25, -0.2) is 4.98 Å². The van der Waals surface area contributed by atoms with Crippen molar-refractivity contribution in [3.05, 3.63) is 29.0 Å². The number of carbonyl (C=O) groups excluding carboxylic acids is 1. The third-order valence-corrected chi connectivity index (χ3v) is 2.52. The fraction of sp³-hybridized carbons (Fsp3) is 0.364. The Labute approximate surface area is 111 Å². The van der Waals surface area contributed by atoms with Gasteiger partial charge < -0.3 is 11.1 Å². The first-order valence-corrected chi connectivity index (χ1v) is 6.06. The van der Waals surface area contributed by atoms with Crippen LogP contribution in [0.2, 0.25) is 5.02 Å². The van der Waals surface area contributed by atoms with Crippen molar-refractivity contribution in [1.82, 2.24) is 10.3 Å². The van der Waals surface area contributed by atoms with Gasteiger partial charge in [0.1, 0.15) is 5.69 Å². The van der Waals surface area contributed by atoms with Gasteiger partial charge in [0, 0.05) is 12.7 Å². The Morgan fingerprint density at radius 1 is 1.47 bits per heavy atom. The number of carbonyl (C=O) groups is 1. The Hall–Kier alpha value is -1.20. The van der Waals surface area contributed by atoms with Crippen LogP contribution in [0.15, 0.2) is 18.3 Å². The van der Waals surface area contributed by atoms with Gasteiger partial charge in [-0.2, -0.15) is 0 Å². The summed E-state index contributed by atoms with van der Waals surface area (Å²) in [7, 11) is 0. The molecule has 0 saturated carbocycles. The molecule has 0 aliphatic rings. The van der Waals surface area contributed by atoms with Gasteiger partial charge in [-0.15, -0.1) is 0 Å². The molecule has 1 amide bonds. The summed E-state index contributed by atoms with van der Waals surface area (Å²) in [5, 5.41) is 3.28. The lowest BCUT2D eigenvalue weighted by molar-refractivity contribution is 0.0948. The van der Waals surface area contributed by atoms with Crippen LogP contribution in [0.4, 0.5) is 0 Å². The van der Waals surface area contributed by atoms with Crippen molar-refractivity contribution >= 4 is 34.7 Å². The van der Waals surface area contributed by atoms with Crippen LogP contribution in [-0.2, 0) is 0 Å². The minimum Gasteiger partial charge on any atom is -0.393 e. The maximum absolute atomic E-state index is 11.6. The number of amides is 1. The molecule has 0 unspecified atom stereocenters. The molecule has 92 valence electrons. The van der Waals surface area contributed by atoms with Crippen molar-refractivity contribution in [2.24, 2.45) is 5.73 Å². The molecular formula is C11H14ClN3OS. The minimum absolute atomic E-state index is 0.197. The third kappa shape index (κ3) is 5.60. The highest BCUT2D eigenvalue weighted by Crippen LogP contribution is 2.05. The fourth-order valence-electron chi connectivity index (χ4n) is 1.23. The SMILES string of the molecule is NC(=S)CCCCNC(=O)c1ccc(Cl)cn1. The Bertz CT molecular complexity index is 394. The van der Waals surface area contributed by atoms with Crippen LogP contribution in [0.1, 0.15) is 29.8 Å². The van der Waals surface area contributed by atoms with E-state index in [1.807, 2.05) is 0 Å². The molecule has 4 nitrogen and oxygen atoms in total. The first-order valence-electron chi connectivity index (χ1n) is 5.27. The number of nitrogens with two attached hydrogens (primary N) is 1. The fourth-order valence-corrected chi connectivity index (χ4v) is 1.48. The number of nitrogens with zero attached hydrogens (tertiary/aromatic N) is 1. The van der Waals surface area contributed by atoms with E-state index in [1.54, 1.807) is 12.1 Å². The summed E-state index contributed by atoms with van der Waals surface area (Å²) >= 11 is 10.4. The molecule has 0 aliphatic heterocycles. The van der Waals surface area contributed by atoms with Crippen molar-refractivity contribution in [3.8, 4) is 0 Å². The topological polar surface area (TPSA) is 68.0 Å². The first kappa shape index (κ1) is 13.9. The van der Waals surface area contributed by atoms with Crippen molar-refractivity contribution in [2.75, 3.05) is 6.54 Å². The summed E-state index contributed by atoms with van der Waals surface area (Å²) < 4.78 is 0. The number of aromatic nitrogens is 1. The van der Waals surface area contributed by atoms with Gasteiger partial charge in [0.15, 0.2) is 0 Å². The molecule has 1 heterocycles. The highest BCUT2D eigenvalue weighted by Gasteiger charge is 2.05. The smallest absolute Gasteiger partial charge is 0.269 e. The molecular weight excluding hydrogens is 258 g/mol. The molecule has 0 aliphatic carbocycles. The van der Waals surface area contributed by atoms with E-state index in [2.05, 4.69) is 10.3 Å². The molecule has 0 aromatic carbocycles. The first-order chi connectivity index (χ1) is 8.09. The summed E-state index contributed by atoms with van der Waals surface area (Å²) in [6.07, 6.45) is 3.88. The lowest BCUT2D eigenvalue weighted by atomic mass is 10.2. The minimum atomic E-state index is -0.197. The standard InChI is InChI=1S/C11H14ClN3OS/c12-8-4-5-9(15-7-8)11(16)14-6-2-1-3-10(13)17/h4-5,7H,1-3,6H2,(H2,13,17)(H,14,16). The zero-order chi connectivity index (χ0) is 12.7. The number of hydrogen-bond donors (Lipinski definition) is 2. The van der Waals surface area contributed by atoms with E-state index in [0.717, 1.165) is 12.8 Å². The number of halogens is 1. The van der Waals surface area contributed by atoms with Gasteiger partial charge in [-0.3, -0.25) is 4.79 Å². The number of nitrogens with one attached hydrogen (secondary N) is 1. The van der Waals surface area contributed by atoms with E-state index >= 15 is 0 Å². The Morgan fingerprint density at radius 3 is 2.82 bits per heavy atom. The largest absolute Gasteiger partial charge is 0.393 e. The summed E-state index contributed by atoms with van der Waals surface area (Å²) in [4.78, 5) is 16.0. The van der Waals surface area contributed by atoms with Gasteiger partial charge >= 0.3 is 0 Å². The average Bonchev–Trinajstić information content (AvgIpc) is 2.29. The van der Waals surface area contributed by atoms with E-state index in [0.29, 0.717) is 28.7 Å². The molecule has 0 atom stereocenters. The maximum atomic E-state index is 11.6. The Kier molecular flexibility index (Phi) is 5.86. The number of rotatable bonds is 6. The Balaban J connectivity index is 2.25. The van der Waals surface area contributed by atoms with Crippen molar-refractivity contribution in [1.29, 1.82) is 0 Å². The summed E-state index contributed by atoms with van der Waals surface area (Å²) in [6.45, 7) is 0.589. The second kappa shape index (κ2) is 7.19. The second-order valence-electron chi connectivity index (χ2n) is 3.54. The lowest BCUT2D eigenvalue weighted by Crippen LogP contribution is -2.25. The second-order valence-corrected chi connectivity index (χ2v) is 4.50. The van der Waals surface area contributed by atoms with E-state index in [-0.39, 0.29) is 5.91 Å². The number of thiocarbonyl (C=S) groups is 1. The average molecular weight is 272 g/mol. The molecule has 0 spiro atoms.